The molecule has 1 fully saturated rings. The number of amides is 2. The number of alkyl carbamates (subject to hydrolysis) is 1. The van der Waals surface area contributed by atoms with Gasteiger partial charge in [0.15, 0.2) is 5.82 Å². The lowest BCUT2D eigenvalue weighted by molar-refractivity contribution is 0.0488. The number of carbonyl (C=O) groups is 2. The first kappa shape index (κ1) is 26.6. The van der Waals surface area contributed by atoms with Gasteiger partial charge in [0, 0.05) is 11.7 Å². The molecule has 0 unspecified atom stereocenters. The first-order valence-electron chi connectivity index (χ1n) is 12.4. The normalized spacial score (nSPS) is 17.4. The molecule has 2 aromatic heterocycles. The van der Waals surface area contributed by atoms with Crippen molar-refractivity contribution in [2.24, 2.45) is 5.73 Å². The smallest absolute Gasteiger partial charge is 0.407 e. The number of benzene rings is 1. The number of aromatic nitrogens is 5. The average Bonchev–Trinajstić information content (AvgIpc) is 3.39. The van der Waals surface area contributed by atoms with Crippen molar-refractivity contribution >= 4 is 29.5 Å². The van der Waals surface area contributed by atoms with E-state index in [1.807, 2.05) is 32.9 Å². The monoisotopic (exact) mass is 523 g/mol. The zero-order valence-electron chi connectivity index (χ0n) is 21.9. The molecular weight excluding hydrogens is 490 g/mol. The van der Waals surface area contributed by atoms with E-state index in [1.54, 1.807) is 24.5 Å². The lowest BCUT2D eigenvalue weighted by atomic mass is 9.90. The van der Waals surface area contributed by atoms with Crippen LogP contribution in [0.5, 0.6) is 5.88 Å². The van der Waals surface area contributed by atoms with Crippen LogP contribution in [0.15, 0.2) is 36.7 Å². The predicted molar refractivity (Wildman–Crippen MR) is 141 cm³/mol. The van der Waals surface area contributed by atoms with Crippen molar-refractivity contribution in [3.8, 4) is 11.6 Å². The highest BCUT2D eigenvalue weighted by atomic mass is 16.6. The molecule has 4 rings (SSSR count). The van der Waals surface area contributed by atoms with E-state index in [-0.39, 0.29) is 35.3 Å². The number of nitrogens with two attached hydrogens (primary N) is 1. The van der Waals surface area contributed by atoms with Crippen LogP contribution >= 0.6 is 0 Å². The van der Waals surface area contributed by atoms with Gasteiger partial charge in [-0.3, -0.25) is 4.79 Å². The first-order chi connectivity index (χ1) is 18.1. The second-order valence-electron chi connectivity index (χ2n) is 9.93. The first-order valence-corrected chi connectivity index (χ1v) is 12.4. The fourth-order valence-corrected chi connectivity index (χ4v) is 4.26. The SMILES string of the molecule is COc1nc(N[C@@H]2CCCC[C@@H]2NC(=O)OC(C)(C)C)nc(Nc2cccc(-n3nccn3)c2)c1C(N)=O. The third-order valence-corrected chi connectivity index (χ3v) is 5.86. The summed E-state index contributed by atoms with van der Waals surface area (Å²) in [7, 11) is 1.40. The highest BCUT2D eigenvalue weighted by Gasteiger charge is 2.30. The molecule has 38 heavy (non-hydrogen) atoms. The van der Waals surface area contributed by atoms with Crippen LogP contribution in [0.2, 0.25) is 0 Å². The van der Waals surface area contributed by atoms with Crippen molar-refractivity contribution in [2.45, 2.75) is 64.1 Å². The number of primary amides is 1. The molecule has 2 amide bonds. The van der Waals surface area contributed by atoms with Gasteiger partial charge >= 0.3 is 6.09 Å². The predicted octanol–water partition coefficient (Wildman–Crippen LogP) is 3.16. The number of carbonyl (C=O) groups excluding carboxylic acids is 2. The molecule has 0 bridgehead atoms. The maximum Gasteiger partial charge on any atom is 0.407 e. The Bertz CT molecular complexity index is 1270. The molecule has 13 heteroatoms. The van der Waals surface area contributed by atoms with E-state index in [4.69, 9.17) is 15.2 Å². The number of hydrogen-bond donors (Lipinski definition) is 4. The van der Waals surface area contributed by atoms with Gasteiger partial charge in [-0.1, -0.05) is 18.9 Å². The van der Waals surface area contributed by atoms with E-state index in [0.717, 1.165) is 25.7 Å². The van der Waals surface area contributed by atoms with Crippen LogP contribution < -0.4 is 26.4 Å². The summed E-state index contributed by atoms with van der Waals surface area (Å²) in [5.74, 6) is -0.329. The zero-order chi connectivity index (χ0) is 27.3. The van der Waals surface area contributed by atoms with Gasteiger partial charge in [0.05, 0.1) is 31.2 Å². The van der Waals surface area contributed by atoms with Gasteiger partial charge in [0.1, 0.15) is 11.2 Å². The molecule has 0 saturated heterocycles. The fraction of sp³-hybridized carbons (Fsp3) is 0.440. The number of nitrogens with zero attached hydrogens (tertiary/aromatic N) is 5. The van der Waals surface area contributed by atoms with Crippen molar-refractivity contribution in [3.63, 3.8) is 0 Å². The second kappa shape index (κ2) is 11.3. The highest BCUT2D eigenvalue weighted by molar-refractivity contribution is 6.00. The van der Waals surface area contributed by atoms with E-state index >= 15 is 0 Å². The van der Waals surface area contributed by atoms with Crippen molar-refractivity contribution < 1.29 is 19.1 Å². The summed E-state index contributed by atoms with van der Waals surface area (Å²) in [6.45, 7) is 5.46. The molecule has 0 aliphatic heterocycles. The van der Waals surface area contributed by atoms with E-state index in [0.29, 0.717) is 11.4 Å². The van der Waals surface area contributed by atoms with Crippen molar-refractivity contribution in [1.29, 1.82) is 0 Å². The number of nitrogens with one attached hydrogen (secondary N) is 3. The Kier molecular flexibility index (Phi) is 7.93. The Hall–Kier alpha value is -4.42. The molecule has 202 valence electrons. The van der Waals surface area contributed by atoms with Gasteiger partial charge in [-0.25, -0.2) is 4.79 Å². The van der Waals surface area contributed by atoms with Crippen LogP contribution in [0.4, 0.5) is 22.2 Å². The number of hydrogen-bond acceptors (Lipinski definition) is 10. The van der Waals surface area contributed by atoms with Gasteiger partial charge in [-0.05, 0) is 51.8 Å². The zero-order valence-corrected chi connectivity index (χ0v) is 21.9. The van der Waals surface area contributed by atoms with E-state index < -0.39 is 17.6 Å². The van der Waals surface area contributed by atoms with Gasteiger partial charge in [0.2, 0.25) is 11.8 Å². The largest absolute Gasteiger partial charge is 0.480 e. The Morgan fingerprint density at radius 3 is 2.45 bits per heavy atom. The summed E-state index contributed by atoms with van der Waals surface area (Å²) in [5.41, 5.74) is 6.40. The summed E-state index contributed by atoms with van der Waals surface area (Å²) in [4.78, 5) is 35.2. The number of methoxy groups -OCH3 is 1. The van der Waals surface area contributed by atoms with Gasteiger partial charge in [0.25, 0.3) is 5.91 Å². The van der Waals surface area contributed by atoms with Crippen LogP contribution in [-0.2, 0) is 4.74 Å². The molecule has 1 aromatic carbocycles. The number of ether oxygens (including phenoxy) is 2. The van der Waals surface area contributed by atoms with Crippen molar-refractivity contribution in [2.75, 3.05) is 17.7 Å². The number of anilines is 3. The van der Waals surface area contributed by atoms with Crippen molar-refractivity contribution in [1.82, 2.24) is 30.3 Å². The topological polar surface area (TPSA) is 171 Å². The molecule has 2 atom stereocenters. The third-order valence-electron chi connectivity index (χ3n) is 5.86. The van der Waals surface area contributed by atoms with Crippen molar-refractivity contribution in [3.05, 3.63) is 42.2 Å². The van der Waals surface area contributed by atoms with Gasteiger partial charge in [-0.2, -0.15) is 25.0 Å². The molecule has 5 N–H and O–H groups in total. The molecule has 0 spiro atoms. The Labute approximate surface area is 220 Å². The van der Waals surface area contributed by atoms with Gasteiger partial charge < -0.3 is 31.2 Å². The minimum Gasteiger partial charge on any atom is -0.480 e. The molecule has 2 heterocycles. The van der Waals surface area contributed by atoms with E-state index in [9.17, 15) is 9.59 Å². The van der Waals surface area contributed by atoms with Crippen LogP contribution in [0, 0.1) is 0 Å². The number of rotatable bonds is 8. The molecule has 3 aromatic rings. The minimum absolute atomic E-state index is 0.00717. The summed E-state index contributed by atoms with van der Waals surface area (Å²) in [6, 6.07) is 6.91. The molecule has 1 aliphatic carbocycles. The Morgan fingerprint density at radius 1 is 1.08 bits per heavy atom. The highest BCUT2D eigenvalue weighted by Crippen LogP contribution is 2.29. The summed E-state index contributed by atoms with van der Waals surface area (Å²) in [6.07, 6.45) is 6.17. The maximum atomic E-state index is 12.4. The Balaban J connectivity index is 1.60. The quantitative estimate of drug-likeness (QED) is 0.344. The molecule has 0 radical (unpaired) electrons. The lowest BCUT2D eigenvalue weighted by Gasteiger charge is -2.33. The molecular formula is C25H33N9O4. The average molecular weight is 524 g/mol. The van der Waals surface area contributed by atoms with E-state index in [2.05, 4.69) is 36.1 Å². The van der Waals surface area contributed by atoms with Crippen LogP contribution in [0.3, 0.4) is 0 Å². The summed E-state index contributed by atoms with van der Waals surface area (Å²) >= 11 is 0. The minimum atomic E-state index is -0.747. The Morgan fingerprint density at radius 2 is 1.79 bits per heavy atom. The van der Waals surface area contributed by atoms with E-state index in [1.165, 1.54) is 11.9 Å². The summed E-state index contributed by atoms with van der Waals surface area (Å²) in [5, 5.41) is 17.7. The fourth-order valence-electron chi connectivity index (χ4n) is 4.26. The standard InChI is InChI=1S/C25H33N9O4/c1-25(2,3)38-24(36)31-18-11-6-5-10-17(18)30-23-32-21(19(20(26)35)22(33-23)37-4)29-15-8-7-9-16(14-15)34-27-12-13-28-34/h7-9,12-14,17-18H,5-6,10-11H2,1-4H3,(H2,26,35)(H,31,36)(H2,29,30,32,33)/t17-,18+/m1/s1. The van der Waals surface area contributed by atoms with Crippen LogP contribution in [0.25, 0.3) is 5.69 Å². The van der Waals surface area contributed by atoms with Gasteiger partial charge in [-0.15, -0.1) is 0 Å². The third kappa shape index (κ3) is 6.66. The van der Waals surface area contributed by atoms with Crippen LogP contribution in [0.1, 0.15) is 56.8 Å². The van der Waals surface area contributed by atoms with Crippen LogP contribution in [-0.4, -0.2) is 61.8 Å². The summed E-state index contributed by atoms with van der Waals surface area (Å²) < 4.78 is 10.8. The lowest BCUT2D eigenvalue weighted by Crippen LogP contribution is -2.50. The molecule has 1 aliphatic rings. The maximum absolute atomic E-state index is 12.4. The molecule has 13 nitrogen and oxygen atoms in total. The molecule has 1 saturated carbocycles. The second-order valence-corrected chi connectivity index (χ2v) is 9.93.